The molecule has 0 saturated heterocycles. The number of hydrogen-bond acceptors (Lipinski definition) is 6. The molecular formula is C16H18N4OS. The van der Waals surface area contributed by atoms with E-state index in [0.29, 0.717) is 5.69 Å². The standard InChI is InChI=1S/C16H18N4OS/c1-10-4-5-12(8-17)16(18-3)15(10)20-22-13-6-7-14(11(2)21)19-9-13/h4-9,17-18,20H,1-3H3. The van der Waals surface area contributed by atoms with Gasteiger partial charge in [0.2, 0.25) is 0 Å². The van der Waals surface area contributed by atoms with Gasteiger partial charge >= 0.3 is 0 Å². The molecule has 114 valence electrons. The van der Waals surface area contributed by atoms with E-state index in [1.807, 2.05) is 32.2 Å². The van der Waals surface area contributed by atoms with Crippen LogP contribution in [0.15, 0.2) is 35.4 Å². The van der Waals surface area contributed by atoms with Crippen molar-refractivity contribution in [1.82, 2.24) is 4.98 Å². The lowest BCUT2D eigenvalue weighted by molar-refractivity contribution is 0.101. The number of nitrogens with zero attached hydrogens (tertiary/aromatic N) is 1. The van der Waals surface area contributed by atoms with Gasteiger partial charge in [-0.2, -0.15) is 0 Å². The normalized spacial score (nSPS) is 10.1. The molecule has 1 heterocycles. The van der Waals surface area contributed by atoms with Crippen LogP contribution in [0.5, 0.6) is 0 Å². The molecule has 0 bridgehead atoms. The molecule has 0 unspecified atom stereocenters. The SMILES string of the molecule is CNc1c(C=N)ccc(C)c1NSc1ccc(C(C)=O)nc1. The van der Waals surface area contributed by atoms with E-state index in [-0.39, 0.29) is 5.78 Å². The van der Waals surface area contributed by atoms with E-state index in [0.717, 1.165) is 27.4 Å². The molecular weight excluding hydrogens is 296 g/mol. The molecule has 0 radical (unpaired) electrons. The quantitative estimate of drug-likeness (QED) is 0.430. The first-order valence-electron chi connectivity index (χ1n) is 6.78. The van der Waals surface area contributed by atoms with E-state index in [9.17, 15) is 4.79 Å². The molecule has 0 atom stereocenters. The molecule has 0 aliphatic rings. The van der Waals surface area contributed by atoms with Crippen LogP contribution in [0.4, 0.5) is 11.4 Å². The second-order valence-electron chi connectivity index (χ2n) is 4.76. The molecule has 1 aromatic heterocycles. The van der Waals surface area contributed by atoms with Crippen molar-refractivity contribution in [3.05, 3.63) is 47.3 Å². The summed E-state index contributed by atoms with van der Waals surface area (Å²) < 4.78 is 3.30. The fourth-order valence-electron chi connectivity index (χ4n) is 2.00. The Hall–Kier alpha value is -2.34. The molecule has 5 nitrogen and oxygen atoms in total. The Morgan fingerprint density at radius 3 is 2.59 bits per heavy atom. The predicted octanol–water partition coefficient (Wildman–Crippen LogP) is 3.75. The highest BCUT2D eigenvalue weighted by Crippen LogP contribution is 2.32. The van der Waals surface area contributed by atoms with Gasteiger partial charge in [0.15, 0.2) is 5.78 Å². The van der Waals surface area contributed by atoms with Gasteiger partial charge < -0.3 is 15.4 Å². The lowest BCUT2D eigenvalue weighted by atomic mass is 10.1. The van der Waals surface area contributed by atoms with Crippen molar-refractivity contribution in [1.29, 1.82) is 5.41 Å². The summed E-state index contributed by atoms with van der Waals surface area (Å²) in [5.41, 5.74) is 4.18. The molecule has 0 aliphatic heterocycles. The van der Waals surface area contributed by atoms with Crippen LogP contribution >= 0.6 is 11.9 Å². The smallest absolute Gasteiger partial charge is 0.178 e. The molecule has 0 fully saturated rings. The van der Waals surface area contributed by atoms with Crippen LogP contribution in [-0.4, -0.2) is 24.0 Å². The van der Waals surface area contributed by atoms with E-state index in [4.69, 9.17) is 5.41 Å². The van der Waals surface area contributed by atoms with E-state index in [2.05, 4.69) is 15.0 Å². The lowest BCUT2D eigenvalue weighted by Gasteiger charge is -2.16. The summed E-state index contributed by atoms with van der Waals surface area (Å²) in [7, 11) is 1.83. The zero-order chi connectivity index (χ0) is 16.1. The summed E-state index contributed by atoms with van der Waals surface area (Å²) in [6.45, 7) is 3.51. The molecule has 0 aliphatic carbocycles. The number of ketones is 1. The van der Waals surface area contributed by atoms with Gasteiger partial charge in [-0.15, -0.1) is 0 Å². The number of aryl methyl sites for hydroxylation is 1. The monoisotopic (exact) mass is 314 g/mol. The van der Waals surface area contributed by atoms with Crippen LogP contribution < -0.4 is 10.0 Å². The maximum absolute atomic E-state index is 11.2. The third kappa shape index (κ3) is 3.46. The summed E-state index contributed by atoms with van der Waals surface area (Å²) in [4.78, 5) is 16.3. The first-order valence-corrected chi connectivity index (χ1v) is 7.60. The molecule has 0 spiro atoms. The van der Waals surface area contributed by atoms with Gasteiger partial charge in [0.1, 0.15) is 5.69 Å². The first-order chi connectivity index (χ1) is 10.6. The lowest BCUT2D eigenvalue weighted by Crippen LogP contribution is -2.02. The van der Waals surface area contributed by atoms with Crippen LogP contribution in [0.3, 0.4) is 0 Å². The number of hydrogen-bond donors (Lipinski definition) is 3. The molecule has 6 heteroatoms. The van der Waals surface area contributed by atoms with Crippen LogP contribution in [0.1, 0.15) is 28.5 Å². The summed E-state index contributed by atoms with van der Waals surface area (Å²) in [6, 6.07) is 7.46. The second-order valence-corrected chi connectivity index (χ2v) is 5.64. The minimum Gasteiger partial charge on any atom is -0.386 e. The predicted molar refractivity (Wildman–Crippen MR) is 92.3 cm³/mol. The third-order valence-corrected chi connectivity index (χ3v) is 4.00. The molecule has 2 aromatic rings. The number of rotatable bonds is 6. The van der Waals surface area contributed by atoms with Gasteiger partial charge in [-0.05, 0) is 36.6 Å². The zero-order valence-electron chi connectivity index (χ0n) is 12.7. The number of Topliss-reactive ketones (excluding diaryl/α,β-unsaturated/α-hetero) is 1. The van der Waals surface area contributed by atoms with Crippen molar-refractivity contribution in [2.24, 2.45) is 0 Å². The summed E-state index contributed by atoms with van der Waals surface area (Å²) in [5.74, 6) is -0.0449. The Balaban J connectivity index is 2.20. The summed E-state index contributed by atoms with van der Waals surface area (Å²) >= 11 is 1.42. The van der Waals surface area contributed by atoms with Crippen LogP contribution in [0, 0.1) is 12.3 Å². The van der Waals surface area contributed by atoms with Crippen molar-refractivity contribution in [2.75, 3.05) is 17.1 Å². The molecule has 3 N–H and O–H groups in total. The maximum Gasteiger partial charge on any atom is 0.178 e. The number of aromatic nitrogens is 1. The topological polar surface area (TPSA) is 77.9 Å². The Morgan fingerprint density at radius 1 is 1.27 bits per heavy atom. The van der Waals surface area contributed by atoms with Gasteiger partial charge in [-0.1, -0.05) is 12.1 Å². The number of pyridine rings is 1. The van der Waals surface area contributed by atoms with E-state index >= 15 is 0 Å². The van der Waals surface area contributed by atoms with Gasteiger partial charge in [-0.25, -0.2) is 0 Å². The Bertz CT molecular complexity index is 698. The molecule has 2 rings (SSSR count). The van der Waals surface area contributed by atoms with E-state index in [1.54, 1.807) is 12.3 Å². The van der Waals surface area contributed by atoms with E-state index in [1.165, 1.54) is 25.1 Å². The Labute approximate surface area is 134 Å². The number of anilines is 2. The molecule has 1 aromatic carbocycles. The highest BCUT2D eigenvalue weighted by Gasteiger charge is 2.09. The fourth-order valence-corrected chi connectivity index (χ4v) is 2.73. The van der Waals surface area contributed by atoms with Crippen LogP contribution in [-0.2, 0) is 0 Å². The van der Waals surface area contributed by atoms with Crippen molar-refractivity contribution in [3.63, 3.8) is 0 Å². The summed E-state index contributed by atoms with van der Waals surface area (Å²) in [5, 5.41) is 10.6. The minimum atomic E-state index is -0.0449. The fraction of sp³-hybridized carbons (Fsp3) is 0.188. The van der Waals surface area contributed by atoms with Crippen LogP contribution in [0.2, 0.25) is 0 Å². The Morgan fingerprint density at radius 2 is 2.05 bits per heavy atom. The Kier molecular flexibility index (Phi) is 5.16. The first kappa shape index (κ1) is 16.0. The largest absolute Gasteiger partial charge is 0.386 e. The van der Waals surface area contributed by atoms with Gasteiger partial charge in [0.05, 0.1) is 11.4 Å². The second kappa shape index (κ2) is 7.09. The van der Waals surface area contributed by atoms with Crippen molar-refractivity contribution in [2.45, 2.75) is 18.7 Å². The van der Waals surface area contributed by atoms with Crippen molar-refractivity contribution >= 4 is 35.3 Å². The van der Waals surface area contributed by atoms with Gasteiger partial charge in [-0.3, -0.25) is 9.78 Å². The zero-order valence-corrected chi connectivity index (χ0v) is 13.5. The van der Waals surface area contributed by atoms with E-state index < -0.39 is 0 Å². The highest BCUT2D eigenvalue weighted by molar-refractivity contribution is 8.00. The van der Waals surface area contributed by atoms with Gasteiger partial charge in [0, 0.05) is 36.8 Å². The highest BCUT2D eigenvalue weighted by atomic mass is 32.2. The van der Waals surface area contributed by atoms with Crippen molar-refractivity contribution in [3.8, 4) is 0 Å². The maximum atomic E-state index is 11.2. The van der Waals surface area contributed by atoms with Crippen molar-refractivity contribution < 1.29 is 4.79 Å². The number of nitrogens with one attached hydrogen (secondary N) is 3. The number of benzene rings is 1. The van der Waals surface area contributed by atoms with Crippen LogP contribution in [0.25, 0.3) is 0 Å². The molecule has 0 saturated carbocycles. The molecule has 0 amide bonds. The number of carbonyl (C=O) groups is 1. The van der Waals surface area contributed by atoms with Gasteiger partial charge in [0.25, 0.3) is 0 Å². The average Bonchev–Trinajstić information content (AvgIpc) is 2.53. The molecule has 22 heavy (non-hydrogen) atoms. The third-order valence-electron chi connectivity index (χ3n) is 3.22. The number of carbonyl (C=O) groups excluding carboxylic acids is 1. The average molecular weight is 314 g/mol. The summed E-state index contributed by atoms with van der Waals surface area (Å²) in [6.07, 6.45) is 2.99. The minimum absolute atomic E-state index is 0.0449.